The number of nitrogens with one attached hydrogen (secondary N) is 1. The minimum absolute atomic E-state index is 0.235. The third-order valence-electron chi connectivity index (χ3n) is 3.78. The van der Waals surface area contributed by atoms with E-state index in [0.717, 1.165) is 31.2 Å². The lowest BCUT2D eigenvalue weighted by Gasteiger charge is -2.27. The lowest BCUT2D eigenvalue weighted by Crippen LogP contribution is -3.11. The van der Waals surface area contributed by atoms with Crippen LogP contribution in [0, 0.1) is 13.8 Å². The summed E-state index contributed by atoms with van der Waals surface area (Å²) in [7, 11) is 2.09. The van der Waals surface area contributed by atoms with Gasteiger partial charge >= 0.3 is 0 Å². The van der Waals surface area contributed by atoms with Crippen molar-refractivity contribution in [2.45, 2.75) is 26.6 Å². The highest BCUT2D eigenvalue weighted by molar-refractivity contribution is 7.11. The lowest BCUT2D eigenvalue weighted by atomic mass is 10.3. The second-order valence-corrected chi connectivity index (χ2v) is 7.16. The molecule has 2 heterocycles. The van der Waals surface area contributed by atoms with E-state index in [1.807, 2.05) is 30.4 Å². The smallest absolute Gasteiger partial charge is 0.135 e. The lowest BCUT2D eigenvalue weighted by molar-refractivity contribution is -0.878. The van der Waals surface area contributed by atoms with Gasteiger partial charge in [-0.3, -0.25) is 10.6 Å². The minimum Gasteiger partial charge on any atom is -0.463 e. The Morgan fingerprint density at radius 1 is 1.27 bits per heavy atom. The first-order valence-corrected chi connectivity index (χ1v) is 8.44. The highest BCUT2D eigenvalue weighted by Gasteiger charge is 2.21. The molecule has 0 saturated heterocycles. The van der Waals surface area contributed by atoms with E-state index in [9.17, 15) is 0 Å². The summed E-state index contributed by atoms with van der Waals surface area (Å²) in [5.74, 6) is 1.71. The number of rotatable bonds is 8. The van der Waals surface area contributed by atoms with E-state index in [1.54, 1.807) is 0 Å². The molecular weight excluding hydrogens is 296 g/mol. The molecule has 5 nitrogen and oxygen atoms in total. The molecule has 0 fully saturated rings. The van der Waals surface area contributed by atoms with E-state index >= 15 is 0 Å². The average Bonchev–Trinajstić information content (AvgIpc) is 3.10. The molecule has 0 aliphatic rings. The van der Waals surface area contributed by atoms with Gasteiger partial charge in [0, 0.05) is 22.8 Å². The number of likely N-dealkylation sites (N-methyl/N-ethyl adjacent to an activating group) is 1. The summed E-state index contributed by atoms with van der Waals surface area (Å²) >= 11 is 1.81. The molecule has 0 aliphatic carbocycles. The number of nitrogens with two attached hydrogens (primary N) is 2. The second kappa shape index (κ2) is 7.89. The fraction of sp³-hybridized carbons (Fsp3) is 0.500. The van der Waals surface area contributed by atoms with Crippen molar-refractivity contribution in [1.29, 1.82) is 0 Å². The normalized spacial score (nSPS) is 14.5. The summed E-state index contributed by atoms with van der Waals surface area (Å²) in [6, 6.07) is 8.25. The molecule has 2 aromatic heterocycles. The van der Waals surface area contributed by atoms with Crippen molar-refractivity contribution in [3.05, 3.63) is 45.5 Å². The largest absolute Gasteiger partial charge is 0.463 e. The summed E-state index contributed by atoms with van der Waals surface area (Å²) in [5.41, 5.74) is 12.1. The van der Waals surface area contributed by atoms with Gasteiger partial charge in [0.2, 0.25) is 0 Å². The van der Waals surface area contributed by atoms with Gasteiger partial charge in [-0.25, -0.2) is 0 Å². The quantitative estimate of drug-likeness (QED) is 0.630. The van der Waals surface area contributed by atoms with Crippen LogP contribution in [-0.2, 0) is 6.54 Å². The van der Waals surface area contributed by atoms with Crippen LogP contribution in [0.25, 0.3) is 0 Å². The highest BCUT2D eigenvalue weighted by Crippen LogP contribution is 2.23. The number of thiophene rings is 1. The first kappa shape index (κ1) is 17.2. The minimum atomic E-state index is -0.235. The van der Waals surface area contributed by atoms with Gasteiger partial charge in [0.15, 0.2) is 0 Å². The Bertz CT molecular complexity index is 580. The van der Waals surface area contributed by atoms with Crippen molar-refractivity contribution in [3.8, 4) is 0 Å². The molecule has 0 saturated carbocycles. The molecule has 122 valence electrons. The average molecular weight is 323 g/mol. The van der Waals surface area contributed by atoms with Crippen molar-refractivity contribution in [2.75, 3.05) is 26.8 Å². The molecule has 2 rings (SSSR count). The summed E-state index contributed by atoms with van der Waals surface area (Å²) in [5, 5.41) is 0. The van der Waals surface area contributed by atoms with Crippen LogP contribution in [0.3, 0.4) is 0 Å². The second-order valence-electron chi connectivity index (χ2n) is 5.79. The molecule has 2 unspecified atom stereocenters. The molecule has 0 amide bonds. The number of hydrogen-bond acceptors (Lipinski definition) is 5. The Balaban J connectivity index is 2.09. The van der Waals surface area contributed by atoms with Crippen LogP contribution in [0.1, 0.15) is 27.4 Å². The van der Waals surface area contributed by atoms with Gasteiger partial charge in [-0.15, -0.1) is 11.3 Å². The van der Waals surface area contributed by atoms with Crippen molar-refractivity contribution in [2.24, 2.45) is 11.5 Å². The fourth-order valence-corrected chi connectivity index (χ4v) is 3.23. The Labute approximate surface area is 136 Å². The van der Waals surface area contributed by atoms with Crippen LogP contribution in [0.4, 0.5) is 0 Å². The third kappa shape index (κ3) is 4.66. The molecule has 2 aromatic rings. The first-order chi connectivity index (χ1) is 10.5. The molecule has 0 aromatic carbocycles. The van der Waals surface area contributed by atoms with Crippen LogP contribution in [0.15, 0.2) is 28.7 Å². The van der Waals surface area contributed by atoms with E-state index in [4.69, 9.17) is 15.9 Å². The van der Waals surface area contributed by atoms with E-state index < -0.39 is 0 Å². The monoisotopic (exact) mass is 323 g/mol. The Hall–Kier alpha value is -1.18. The van der Waals surface area contributed by atoms with Gasteiger partial charge in [0.05, 0.1) is 13.6 Å². The maximum atomic E-state index is 6.43. The fourth-order valence-electron chi connectivity index (χ4n) is 2.32. The molecule has 0 bridgehead atoms. The van der Waals surface area contributed by atoms with Gasteiger partial charge in [0.1, 0.15) is 24.4 Å². The maximum absolute atomic E-state index is 6.43. The molecule has 6 heteroatoms. The highest BCUT2D eigenvalue weighted by atomic mass is 32.1. The number of nitrogens with zero attached hydrogens (tertiary/aromatic N) is 1. The Morgan fingerprint density at radius 2 is 2.05 bits per heavy atom. The molecule has 2 atom stereocenters. The van der Waals surface area contributed by atoms with Gasteiger partial charge in [0.25, 0.3) is 0 Å². The van der Waals surface area contributed by atoms with Crippen LogP contribution >= 0.6 is 11.3 Å². The van der Waals surface area contributed by atoms with Gasteiger partial charge in [-0.1, -0.05) is 0 Å². The molecule has 5 N–H and O–H groups in total. The van der Waals surface area contributed by atoms with Crippen LogP contribution in [-0.4, -0.2) is 31.7 Å². The Morgan fingerprint density at radius 3 is 2.59 bits per heavy atom. The topological polar surface area (TPSA) is 72.9 Å². The molecular formula is C16H27N4OS+. The number of quaternary nitrogens is 1. The van der Waals surface area contributed by atoms with E-state index in [-0.39, 0.29) is 6.17 Å². The number of hydrogen-bond donors (Lipinski definition) is 3. The van der Waals surface area contributed by atoms with E-state index in [0.29, 0.717) is 6.67 Å². The maximum Gasteiger partial charge on any atom is 0.135 e. The SMILES string of the molecule is Cc1ccc(C(N)N(CC[NH+](C)CN)Cc2ccc(C)s2)o1. The zero-order valence-corrected chi connectivity index (χ0v) is 14.5. The standard InChI is InChI=1S/C16H26N4OS/c1-12-4-7-15(21-12)16(18)20(9-8-19(3)11-17)10-14-6-5-13(2)22-14/h4-7,16H,8-11,17-18H2,1-3H3/p+1. The number of aryl methyl sites for hydroxylation is 2. The van der Waals surface area contributed by atoms with Crippen molar-refractivity contribution in [1.82, 2.24) is 4.90 Å². The van der Waals surface area contributed by atoms with Crippen molar-refractivity contribution in [3.63, 3.8) is 0 Å². The van der Waals surface area contributed by atoms with Gasteiger partial charge in [-0.05, 0) is 38.1 Å². The van der Waals surface area contributed by atoms with Gasteiger partial charge in [-0.2, -0.15) is 0 Å². The van der Waals surface area contributed by atoms with E-state index in [2.05, 4.69) is 31.0 Å². The van der Waals surface area contributed by atoms with Crippen molar-refractivity contribution < 1.29 is 9.32 Å². The summed E-state index contributed by atoms with van der Waals surface area (Å²) < 4.78 is 5.71. The van der Waals surface area contributed by atoms with Gasteiger partial charge < -0.3 is 15.1 Å². The zero-order valence-electron chi connectivity index (χ0n) is 13.6. The predicted octanol–water partition coefficient (Wildman–Crippen LogP) is 0.848. The third-order valence-corrected chi connectivity index (χ3v) is 4.76. The van der Waals surface area contributed by atoms with E-state index in [1.165, 1.54) is 14.7 Å². The molecule has 0 radical (unpaired) electrons. The number of furan rings is 1. The van der Waals surface area contributed by atoms with Crippen LogP contribution < -0.4 is 16.4 Å². The summed E-state index contributed by atoms with van der Waals surface area (Å²) in [6.45, 7) is 7.35. The molecule has 0 aliphatic heterocycles. The van der Waals surface area contributed by atoms with Crippen LogP contribution in [0.5, 0.6) is 0 Å². The summed E-state index contributed by atoms with van der Waals surface area (Å²) in [6.07, 6.45) is -0.235. The Kier molecular flexibility index (Phi) is 6.16. The summed E-state index contributed by atoms with van der Waals surface area (Å²) in [4.78, 5) is 6.18. The van der Waals surface area contributed by atoms with Crippen LogP contribution in [0.2, 0.25) is 0 Å². The molecule has 0 spiro atoms. The molecule has 22 heavy (non-hydrogen) atoms. The first-order valence-electron chi connectivity index (χ1n) is 7.62. The predicted molar refractivity (Wildman–Crippen MR) is 90.6 cm³/mol. The zero-order chi connectivity index (χ0) is 16.1. The van der Waals surface area contributed by atoms with Crippen molar-refractivity contribution >= 4 is 11.3 Å².